The average Bonchev–Trinajstić information content (AvgIpc) is 2.83. The van der Waals surface area contributed by atoms with E-state index in [-0.39, 0.29) is 6.42 Å². The first-order valence-electron chi connectivity index (χ1n) is 12.8. The van der Waals surface area contributed by atoms with Crippen LogP contribution in [0.15, 0.2) is 0 Å². The summed E-state index contributed by atoms with van der Waals surface area (Å²) in [5, 5.41) is 0. The highest BCUT2D eigenvalue weighted by Gasteiger charge is 2.22. The Morgan fingerprint density at radius 2 is 1.31 bits per heavy atom. The molecule has 0 aromatic rings. The molecule has 0 amide bonds. The number of unbranched alkanes of at least 4 members (excludes halogenated alkanes) is 12. The summed E-state index contributed by atoms with van der Waals surface area (Å²) in [6.07, 6.45) is 14.4. The summed E-state index contributed by atoms with van der Waals surface area (Å²) < 4.78 is 25.4. The maximum Gasteiger partial charge on any atom is 0.469 e. The topological polar surface area (TPSA) is 119 Å². The van der Waals surface area contributed by atoms with E-state index in [1.807, 2.05) is 0 Å². The summed E-state index contributed by atoms with van der Waals surface area (Å²) in [7, 11) is -4.78. The molecule has 0 saturated heterocycles. The number of hydrogen-bond acceptors (Lipinski definition) is 6. The fourth-order valence-electron chi connectivity index (χ4n) is 3.24. The standard InChI is InChI=1S/C27H41O8P/c1-3-5-7-9-10-11-12-13-14-15-16-18-20-22-27(29)35-25(24-34-36(30,31)32)23-33-26(28)21-19-17-8-6-4-2/h25H,3,5,7,9-16,18,20,22-24H2,1-2H3,(H2,30,31,32)/t25-/m1/s1. The van der Waals surface area contributed by atoms with Gasteiger partial charge >= 0.3 is 19.8 Å². The fourth-order valence-corrected chi connectivity index (χ4v) is 3.60. The molecule has 1 atom stereocenters. The number of esters is 2. The lowest BCUT2D eigenvalue weighted by Gasteiger charge is -2.17. The van der Waals surface area contributed by atoms with Gasteiger partial charge < -0.3 is 19.3 Å². The summed E-state index contributed by atoms with van der Waals surface area (Å²) in [6.45, 7) is 2.75. The number of phosphoric ester groups is 1. The van der Waals surface area contributed by atoms with Crippen LogP contribution in [0.25, 0.3) is 0 Å². The van der Waals surface area contributed by atoms with Gasteiger partial charge in [-0.25, -0.2) is 9.36 Å². The van der Waals surface area contributed by atoms with Crippen LogP contribution in [0, 0.1) is 35.5 Å². The van der Waals surface area contributed by atoms with Gasteiger partial charge in [0.1, 0.15) is 6.61 Å². The molecule has 202 valence electrons. The molecule has 2 N–H and O–H groups in total. The molecule has 0 fully saturated rings. The zero-order valence-electron chi connectivity index (χ0n) is 21.7. The molecule has 0 aliphatic carbocycles. The molecular weight excluding hydrogens is 483 g/mol. The fraction of sp³-hybridized carbons (Fsp3) is 0.704. The molecule has 0 aliphatic heterocycles. The lowest BCUT2D eigenvalue weighted by molar-refractivity contribution is -0.158. The lowest BCUT2D eigenvalue weighted by Crippen LogP contribution is -2.29. The van der Waals surface area contributed by atoms with E-state index < -0.39 is 39.1 Å². The molecule has 0 aliphatic rings. The Morgan fingerprint density at radius 3 is 1.83 bits per heavy atom. The summed E-state index contributed by atoms with van der Waals surface area (Å²) in [4.78, 5) is 41.6. The second kappa shape index (κ2) is 23.1. The SMILES string of the molecule is CC#CC#CC#CC(=O)OC[C@H](COP(=O)(O)O)OC(=O)CCCCCCCCCCCCCCC. The molecule has 0 rings (SSSR count). The molecule has 9 heteroatoms. The van der Waals surface area contributed by atoms with Crippen molar-refractivity contribution in [2.45, 2.75) is 110 Å². The highest BCUT2D eigenvalue weighted by molar-refractivity contribution is 7.46. The van der Waals surface area contributed by atoms with Crippen LogP contribution in [0.1, 0.15) is 104 Å². The molecule has 0 spiro atoms. The molecule has 0 saturated carbocycles. The monoisotopic (exact) mass is 524 g/mol. The van der Waals surface area contributed by atoms with E-state index in [0.29, 0.717) is 6.42 Å². The predicted octanol–water partition coefficient (Wildman–Crippen LogP) is 5.06. The maximum absolute atomic E-state index is 12.1. The third-order valence-corrected chi connectivity index (χ3v) is 5.57. The molecule has 0 aromatic carbocycles. The normalized spacial score (nSPS) is 11.1. The minimum absolute atomic E-state index is 0.159. The van der Waals surface area contributed by atoms with Crippen molar-refractivity contribution in [3.8, 4) is 35.5 Å². The smallest absolute Gasteiger partial charge is 0.456 e. The predicted molar refractivity (Wildman–Crippen MR) is 138 cm³/mol. The van der Waals surface area contributed by atoms with Crippen molar-refractivity contribution in [2.75, 3.05) is 13.2 Å². The van der Waals surface area contributed by atoms with Crippen LogP contribution in [0.2, 0.25) is 0 Å². The van der Waals surface area contributed by atoms with Crippen molar-refractivity contribution >= 4 is 19.8 Å². The van der Waals surface area contributed by atoms with Gasteiger partial charge in [0.15, 0.2) is 6.10 Å². The molecular formula is C27H41O8P. The Bertz CT molecular complexity index is 844. The molecule has 0 radical (unpaired) electrons. The first-order chi connectivity index (χ1) is 17.3. The first-order valence-corrected chi connectivity index (χ1v) is 14.3. The molecule has 0 heterocycles. The van der Waals surface area contributed by atoms with Crippen molar-refractivity contribution in [3.63, 3.8) is 0 Å². The van der Waals surface area contributed by atoms with Gasteiger partial charge in [0.05, 0.1) is 6.61 Å². The van der Waals surface area contributed by atoms with Crippen LogP contribution in [-0.4, -0.2) is 41.0 Å². The van der Waals surface area contributed by atoms with Crippen LogP contribution in [-0.2, 0) is 28.2 Å². The third kappa shape index (κ3) is 24.8. The van der Waals surface area contributed by atoms with Gasteiger partial charge in [-0.15, -0.1) is 0 Å². The van der Waals surface area contributed by atoms with E-state index in [2.05, 4.69) is 47.0 Å². The van der Waals surface area contributed by atoms with Gasteiger partial charge in [-0.05, 0) is 37.0 Å². The van der Waals surface area contributed by atoms with E-state index in [4.69, 9.17) is 19.3 Å². The van der Waals surface area contributed by atoms with Gasteiger partial charge in [-0.1, -0.05) is 89.9 Å². The van der Waals surface area contributed by atoms with Crippen molar-refractivity contribution < 1.29 is 37.9 Å². The van der Waals surface area contributed by atoms with Gasteiger partial charge in [0.25, 0.3) is 0 Å². The Balaban J connectivity index is 4.15. The molecule has 0 aromatic heterocycles. The molecule has 0 bridgehead atoms. The molecule has 8 nitrogen and oxygen atoms in total. The quantitative estimate of drug-likeness (QED) is 0.0746. The Morgan fingerprint density at radius 1 is 0.778 bits per heavy atom. The summed E-state index contributed by atoms with van der Waals surface area (Å²) in [5.74, 6) is 12.6. The van der Waals surface area contributed by atoms with E-state index in [1.165, 1.54) is 57.8 Å². The second-order valence-corrected chi connectivity index (χ2v) is 9.60. The van der Waals surface area contributed by atoms with Crippen molar-refractivity contribution in [1.82, 2.24) is 0 Å². The van der Waals surface area contributed by atoms with Crippen LogP contribution in [0.3, 0.4) is 0 Å². The Labute approximate surface area is 216 Å². The first kappa shape index (κ1) is 33.7. The van der Waals surface area contributed by atoms with Crippen LogP contribution >= 0.6 is 7.82 Å². The van der Waals surface area contributed by atoms with Crippen molar-refractivity contribution in [3.05, 3.63) is 0 Å². The third-order valence-electron chi connectivity index (χ3n) is 5.09. The van der Waals surface area contributed by atoms with Crippen LogP contribution < -0.4 is 0 Å². The van der Waals surface area contributed by atoms with Gasteiger partial charge in [0.2, 0.25) is 0 Å². The highest BCUT2D eigenvalue weighted by atomic mass is 31.2. The lowest BCUT2D eigenvalue weighted by atomic mass is 10.0. The second-order valence-electron chi connectivity index (χ2n) is 8.36. The number of carbonyl (C=O) groups excluding carboxylic acids is 2. The summed E-state index contributed by atoms with van der Waals surface area (Å²) >= 11 is 0. The van der Waals surface area contributed by atoms with Crippen LogP contribution in [0.4, 0.5) is 0 Å². The number of carbonyl (C=O) groups is 2. The van der Waals surface area contributed by atoms with Crippen molar-refractivity contribution in [1.29, 1.82) is 0 Å². The number of hydrogen-bond donors (Lipinski definition) is 2. The van der Waals surface area contributed by atoms with E-state index >= 15 is 0 Å². The Kier molecular flexibility index (Phi) is 21.7. The number of ether oxygens (including phenoxy) is 2. The number of phosphoric acid groups is 1. The zero-order chi connectivity index (χ0) is 26.9. The van der Waals surface area contributed by atoms with Crippen molar-refractivity contribution in [2.24, 2.45) is 0 Å². The highest BCUT2D eigenvalue weighted by Crippen LogP contribution is 2.35. The zero-order valence-corrected chi connectivity index (χ0v) is 22.6. The molecule has 0 unspecified atom stereocenters. The molecule has 36 heavy (non-hydrogen) atoms. The Hall–Kier alpha value is -2.27. The minimum atomic E-state index is -4.78. The maximum atomic E-state index is 12.1. The van der Waals surface area contributed by atoms with Gasteiger partial charge in [0, 0.05) is 12.3 Å². The van der Waals surface area contributed by atoms with E-state index in [0.717, 1.165) is 19.3 Å². The van der Waals surface area contributed by atoms with Gasteiger partial charge in [-0.2, -0.15) is 0 Å². The van der Waals surface area contributed by atoms with E-state index in [1.54, 1.807) is 6.92 Å². The van der Waals surface area contributed by atoms with Crippen LogP contribution in [0.5, 0.6) is 0 Å². The van der Waals surface area contributed by atoms with Gasteiger partial charge in [-0.3, -0.25) is 9.32 Å². The minimum Gasteiger partial charge on any atom is -0.456 e. The summed E-state index contributed by atoms with van der Waals surface area (Å²) in [6, 6.07) is 0. The summed E-state index contributed by atoms with van der Waals surface area (Å²) in [5.41, 5.74) is 0. The average molecular weight is 525 g/mol. The van der Waals surface area contributed by atoms with E-state index in [9.17, 15) is 14.2 Å². The largest absolute Gasteiger partial charge is 0.469 e. The number of rotatable bonds is 20.